The first-order valence-corrected chi connectivity index (χ1v) is 9.76. The van der Waals surface area contributed by atoms with Crippen molar-refractivity contribution in [3.8, 4) is 0 Å². The molecule has 2 amide bonds. The zero-order valence-electron chi connectivity index (χ0n) is 17.0. The second kappa shape index (κ2) is 8.02. The molecule has 0 bridgehead atoms. The summed E-state index contributed by atoms with van der Waals surface area (Å²) in [6, 6.07) is 2.35. The molecule has 1 saturated heterocycles. The predicted molar refractivity (Wildman–Crippen MR) is 107 cm³/mol. The van der Waals surface area contributed by atoms with Crippen LogP contribution in [0.4, 0.5) is 16.3 Å². The van der Waals surface area contributed by atoms with E-state index in [9.17, 15) is 4.79 Å². The number of hydrogen-bond donors (Lipinski definition) is 2. The summed E-state index contributed by atoms with van der Waals surface area (Å²) in [5, 5.41) is 14.9. The standard InChI is InChI=1S/C19H31N7O/c1-6-14(3)26-15(4)17(11-20-26)22-19(27)21-16-8-7-9-25(12-16)18-10-13(2)23-24(18)5/h10-11,14,16H,6-9,12H2,1-5H3,(H2,21,22,27). The van der Waals surface area contributed by atoms with Crippen molar-refractivity contribution in [1.29, 1.82) is 0 Å². The van der Waals surface area contributed by atoms with E-state index in [1.54, 1.807) is 6.20 Å². The lowest BCUT2D eigenvalue weighted by atomic mass is 10.1. The highest BCUT2D eigenvalue weighted by molar-refractivity contribution is 5.89. The second-order valence-electron chi connectivity index (χ2n) is 7.50. The van der Waals surface area contributed by atoms with E-state index in [0.717, 1.165) is 55.2 Å². The molecule has 2 aromatic heterocycles. The van der Waals surface area contributed by atoms with Crippen molar-refractivity contribution in [2.24, 2.45) is 7.05 Å². The molecule has 2 atom stereocenters. The topological polar surface area (TPSA) is 80.0 Å². The lowest BCUT2D eigenvalue weighted by Gasteiger charge is -2.34. The number of carbonyl (C=O) groups excluding carboxylic acids is 1. The van der Waals surface area contributed by atoms with Gasteiger partial charge in [0.05, 0.1) is 23.3 Å². The number of aryl methyl sites for hydroxylation is 2. The Labute approximate surface area is 160 Å². The van der Waals surface area contributed by atoms with Crippen LogP contribution in [-0.4, -0.2) is 44.7 Å². The third kappa shape index (κ3) is 4.26. The normalized spacial score (nSPS) is 18.4. The van der Waals surface area contributed by atoms with Crippen LogP contribution in [0.1, 0.15) is 50.5 Å². The van der Waals surface area contributed by atoms with Gasteiger partial charge in [-0.15, -0.1) is 0 Å². The Bertz CT molecular complexity index is 794. The van der Waals surface area contributed by atoms with Crippen molar-refractivity contribution in [1.82, 2.24) is 24.9 Å². The van der Waals surface area contributed by atoms with Crippen LogP contribution in [0.2, 0.25) is 0 Å². The van der Waals surface area contributed by atoms with E-state index in [-0.39, 0.29) is 12.1 Å². The number of nitrogens with one attached hydrogen (secondary N) is 2. The Hall–Kier alpha value is -2.51. The molecule has 8 nitrogen and oxygen atoms in total. The van der Waals surface area contributed by atoms with Crippen LogP contribution in [-0.2, 0) is 7.05 Å². The molecule has 0 aliphatic carbocycles. The fraction of sp³-hybridized carbons (Fsp3) is 0.632. The number of carbonyl (C=O) groups is 1. The molecule has 1 fully saturated rings. The summed E-state index contributed by atoms with van der Waals surface area (Å²) < 4.78 is 3.87. The molecular formula is C19H31N7O. The van der Waals surface area contributed by atoms with Gasteiger partial charge >= 0.3 is 6.03 Å². The Balaban J connectivity index is 1.59. The van der Waals surface area contributed by atoms with E-state index < -0.39 is 0 Å². The van der Waals surface area contributed by atoms with Gasteiger partial charge in [0.2, 0.25) is 0 Å². The van der Waals surface area contributed by atoms with Crippen molar-refractivity contribution in [3.63, 3.8) is 0 Å². The molecule has 3 rings (SSSR count). The van der Waals surface area contributed by atoms with Crippen LogP contribution in [0.25, 0.3) is 0 Å². The van der Waals surface area contributed by atoms with Crippen LogP contribution in [0.15, 0.2) is 12.3 Å². The van der Waals surface area contributed by atoms with Gasteiger partial charge in [0.15, 0.2) is 0 Å². The number of rotatable bonds is 5. The summed E-state index contributed by atoms with van der Waals surface area (Å²) in [4.78, 5) is 14.8. The molecule has 2 N–H and O–H groups in total. The van der Waals surface area contributed by atoms with Crippen molar-refractivity contribution in [2.75, 3.05) is 23.3 Å². The fourth-order valence-corrected chi connectivity index (χ4v) is 3.70. The third-order valence-corrected chi connectivity index (χ3v) is 5.36. The van der Waals surface area contributed by atoms with Gasteiger partial charge in [0, 0.05) is 38.3 Å². The van der Waals surface area contributed by atoms with E-state index in [1.807, 2.05) is 30.3 Å². The average molecular weight is 374 g/mol. The number of anilines is 2. The minimum atomic E-state index is -0.171. The van der Waals surface area contributed by atoms with E-state index >= 15 is 0 Å². The molecule has 0 spiro atoms. The zero-order chi connectivity index (χ0) is 19.6. The molecule has 8 heteroatoms. The van der Waals surface area contributed by atoms with Crippen LogP contribution in [0.3, 0.4) is 0 Å². The van der Waals surface area contributed by atoms with Crippen molar-refractivity contribution < 1.29 is 4.79 Å². The minimum Gasteiger partial charge on any atom is -0.355 e. The summed E-state index contributed by atoms with van der Waals surface area (Å²) in [5.74, 6) is 1.10. The smallest absolute Gasteiger partial charge is 0.319 e. The number of nitrogens with zero attached hydrogens (tertiary/aromatic N) is 5. The monoisotopic (exact) mass is 373 g/mol. The van der Waals surface area contributed by atoms with Gasteiger partial charge in [-0.2, -0.15) is 10.2 Å². The maximum atomic E-state index is 12.5. The van der Waals surface area contributed by atoms with Gasteiger partial charge in [0.25, 0.3) is 0 Å². The average Bonchev–Trinajstić information content (AvgIpc) is 3.16. The molecule has 0 saturated carbocycles. The first-order valence-electron chi connectivity index (χ1n) is 9.76. The lowest BCUT2D eigenvalue weighted by molar-refractivity contribution is 0.246. The summed E-state index contributed by atoms with van der Waals surface area (Å²) in [7, 11) is 1.96. The van der Waals surface area contributed by atoms with Gasteiger partial charge in [0.1, 0.15) is 5.82 Å². The SMILES string of the molecule is CCC(C)n1ncc(NC(=O)NC2CCCN(c3cc(C)nn3C)C2)c1C. The highest BCUT2D eigenvalue weighted by atomic mass is 16.2. The van der Waals surface area contributed by atoms with Crippen LogP contribution < -0.4 is 15.5 Å². The van der Waals surface area contributed by atoms with Gasteiger partial charge < -0.3 is 15.5 Å². The fourth-order valence-electron chi connectivity index (χ4n) is 3.70. The number of hydrogen-bond acceptors (Lipinski definition) is 4. The number of urea groups is 1. The Morgan fingerprint density at radius 1 is 1.41 bits per heavy atom. The molecule has 3 heterocycles. The molecule has 27 heavy (non-hydrogen) atoms. The second-order valence-corrected chi connectivity index (χ2v) is 7.50. The van der Waals surface area contributed by atoms with Crippen LogP contribution >= 0.6 is 0 Å². The Morgan fingerprint density at radius 2 is 2.19 bits per heavy atom. The molecule has 148 valence electrons. The molecule has 0 radical (unpaired) electrons. The summed E-state index contributed by atoms with van der Waals surface area (Å²) in [6.07, 6.45) is 4.75. The number of amides is 2. The quantitative estimate of drug-likeness (QED) is 0.844. The lowest BCUT2D eigenvalue weighted by Crippen LogP contribution is -2.49. The number of aromatic nitrogens is 4. The summed E-state index contributed by atoms with van der Waals surface area (Å²) in [5.41, 5.74) is 2.76. The van der Waals surface area contributed by atoms with Crippen molar-refractivity contribution in [2.45, 2.75) is 59.0 Å². The van der Waals surface area contributed by atoms with E-state index in [1.165, 1.54) is 0 Å². The number of piperidine rings is 1. The summed E-state index contributed by atoms with van der Waals surface area (Å²) in [6.45, 7) is 10.0. The predicted octanol–water partition coefficient (Wildman–Crippen LogP) is 2.99. The molecular weight excluding hydrogens is 342 g/mol. The van der Waals surface area contributed by atoms with E-state index in [2.05, 4.69) is 45.6 Å². The van der Waals surface area contributed by atoms with Crippen LogP contribution in [0, 0.1) is 13.8 Å². The van der Waals surface area contributed by atoms with E-state index in [4.69, 9.17) is 0 Å². The molecule has 2 aromatic rings. The van der Waals surface area contributed by atoms with Crippen molar-refractivity contribution >= 4 is 17.5 Å². The van der Waals surface area contributed by atoms with E-state index in [0.29, 0.717) is 6.04 Å². The molecule has 1 aliphatic heterocycles. The highest BCUT2D eigenvalue weighted by Gasteiger charge is 2.24. The first-order chi connectivity index (χ1) is 12.9. The highest BCUT2D eigenvalue weighted by Crippen LogP contribution is 2.22. The molecule has 2 unspecified atom stereocenters. The first kappa shape index (κ1) is 19.3. The summed E-state index contributed by atoms with van der Waals surface area (Å²) >= 11 is 0. The van der Waals surface area contributed by atoms with Crippen molar-refractivity contribution in [3.05, 3.63) is 23.7 Å². The van der Waals surface area contributed by atoms with Gasteiger partial charge in [-0.1, -0.05) is 6.92 Å². The largest absolute Gasteiger partial charge is 0.355 e. The Kier molecular flexibility index (Phi) is 5.72. The maximum absolute atomic E-state index is 12.5. The molecule has 1 aliphatic rings. The third-order valence-electron chi connectivity index (χ3n) is 5.36. The van der Waals surface area contributed by atoms with Gasteiger partial charge in [-0.05, 0) is 40.0 Å². The Morgan fingerprint density at radius 3 is 2.85 bits per heavy atom. The zero-order valence-corrected chi connectivity index (χ0v) is 17.0. The maximum Gasteiger partial charge on any atom is 0.319 e. The van der Waals surface area contributed by atoms with Gasteiger partial charge in [-0.3, -0.25) is 9.36 Å². The van der Waals surface area contributed by atoms with Gasteiger partial charge in [-0.25, -0.2) is 4.79 Å². The minimum absolute atomic E-state index is 0.110. The molecule has 0 aromatic carbocycles. The van der Waals surface area contributed by atoms with Crippen LogP contribution in [0.5, 0.6) is 0 Å².